The number of carbonyl (C=O) groups excluding carboxylic acids is 1. The van der Waals surface area contributed by atoms with E-state index in [9.17, 15) is 9.59 Å². The van der Waals surface area contributed by atoms with Crippen molar-refractivity contribution in [1.29, 1.82) is 0 Å². The number of nitrogens with zero attached hydrogens (tertiary/aromatic N) is 1. The van der Waals surface area contributed by atoms with Crippen LogP contribution >= 0.6 is 11.6 Å². The van der Waals surface area contributed by atoms with Crippen LogP contribution in [0.25, 0.3) is 0 Å². The number of hydrogen-bond acceptors (Lipinski definition) is 4. The van der Waals surface area contributed by atoms with Crippen molar-refractivity contribution in [3.05, 3.63) is 51.3 Å². The lowest BCUT2D eigenvalue weighted by molar-refractivity contribution is 0.102. The maximum absolute atomic E-state index is 12.3. The molecule has 21 heavy (non-hydrogen) atoms. The van der Waals surface area contributed by atoms with Gasteiger partial charge in [0.25, 0.3) is 11.5 Å². The van der Waals surface area contributed by atoms with E-state index in [1.54, 1.807) is 18.2 Å². The first-order chi connectivity index (χ1) is 10.1. The summed E-state index contributed by atoms with van der Waals surface area (Å²) < 4.78 is 0. The molecule has 1 aromatic carbocycles. The van der Waals surface area contributed by atoms with Crippen LogP contribution in [0.5, 0.6) is 0 Å². The second-order valence-corrected chi connectivity index (χ2v) is 4.81. The minimum atomic E-state index is -0.351. The summed E-state index contributed by atoms with van der Waals surface area (Å²) in [5, 5.41) is 12.2. The summed E-state index contributed by atoms with van der Waals surface area (Å²) in [5.74, 6) is -0.0864. The number of amides is 1. The quantitative estimate of drug-likeness (QED) is 0.792. The Morgan fingerprint density at radius 1 is 1.33 bits per heavy atom. The van der Waals surface area contributed by atoms with Crippen LogP contribution in [-0.4, -0.2) is 22.6 Å². The van der Waals surface area contributed by atoms with E-state index >= 15 is 0 Å². The summed E-state index contributed by atoms with van der Waals surface area (Å²) >= 11 is 5.95. The molecule has 7 heteroatoms. The molecule has 6 nitrogen and oxygen atoms in total. The lowest BCUT2D eigenvalue weighted by atomic mass is 10.1. The lowest BCUT2D eigenvalue weighted by Gasteiger charge is -2.11. The highest BCUT2D eigenvalue weighted by Gasteiger charge is 2.13. The number of aromatic nitrogens is 2. The zero-order valence-electron chi connectivity index (χ0n) is 11.4. The van der Waals surface area contributed by atoms with Gasteiger partial charge in [-0.3, -0.25) is 9.59 Å². The average molecular weight is 307 g/mol. The largest absolute Gasteiger partial charge is 0.384 e. The van der Waals surface area contributed by atoms with Crippen LogP contribution in [0.15, 0.2) is 35.1 Å². The van der Waals surface area contributed by atoms with Crippen LogP contribution in [0, 0.1) is 0 Å². The van der Waals surface area contributed by atoms with Crippen molar-refractivity contribution in [3.63, 3.8) is 0 Å². The number of benzene rings is 1. The molecule has 0 spiro atoms. The summed E-state index contributed by atoms with van der Waals surface area (Å²) in [4.78, 5) is 23.2. The van der Waals surface area contributed by atoms with E-state index in [4.69, 9.17) is 11.6 Å². The minimum absolute atomic E-state index is 0.265. The molecule has 0 aliphatic heterocycles. The molecular formula is C14H15ClN4O2. The van der Waals surface area contributed by atoms with Crippen LogP contribution in [0.4, 0.5) is 11.5 Å². The maximum atomic E-state index is 12.3. The Bertz CT molecular complexity index is 679. The highest BCUT2D eigenvalue weighted by atomic mass is 35.5. The van der Waals surface area contributed by atoms with Crippen molar-refractivity contribution in [2.45, 2.75) is 13.3 Å². The number of aromatic amines is 1. The second-order valence-electron chi connectivity index (χ2n) is 4.38. The van der Waals surface area contributed by atoms with Gasteiger partial charge in [0.15, 0.2) is 5.82 Å². The number of anilines is 2. The normalized spacial score (nSPS) is 10.2. The highest BCUT2D eigenvalue weighted by Crippen LogP contribution is 2.21. The molecule has 0 aliphatic rings. The van der Waals surface area contributed by atoms with E-state index in [0.29, 0.717) is 16.3 Å². The third-order valence-corrected chi connectivity index (χ3v) is 2.95. The summed E-state index contributed by atoms with van der Waals surface area (Å²) in [5.41, 5.74) is 0.785. The molecule has 1 aromatic heterocycles. The molecule has 0 atom stereocenters. The molecule has 0 unspecified atom stereocenters. The smallest absolute Gasteiger partial charge is 0.264 e. The topological polar surface area (TPSA) is 86.9 Å². The molecule has 0 bridgehead atoms. The molecular weight excluding hydrogens is 292 g/mol. The Hall–Kier alpha value is -2.34. The molecule has 0 saturated carbocycles. The molecule has 2 aromatic rings. The van der Waals surface area contributed by atoms with E-state index in [1.807, 2.05) is 6.92 Å². The minimum Gasteiger partial charge on any atom is -0.384 e. The number of rotatable bonds is 5. The van der Waals surface area contributed by atoms with E-state index in [1.165, 1.54) is 12.1 Å². The number of hydrogen-bond donors (Lipinski definition) is 3. The van der Waals surface area contributed by atoms with Gasteiger partial charge in [0.2, 0.25) is 0 Å². The third-order valence-electron chi connectivity index (χ3n) is 2.71. The number of nitrogens with one attached hydrogen (secondary N) is 3. The Morgan fingerprint density at radius 2 is 2.14 bits per heavy atom. The van der Waals surface area contributed by atoms with Crippen molar-refractivity contribution >= 4 is 29.0 Å². The van der Waals surface area contributed by atoms with E-state index in [-0.39, 0.29) is 17.3 Å². The molecule has 110 valence electrons. The van der Waals surface area contributed by atoms with Crippen molar-refractivity contribution in [2.24, 2.45) is 0 Å². The van der Waals surface area contributed by atoms with Gasteiger partial charge in [-0.05, 0) is 30.7 Å². The molecule has 1 amide bonds. The fraction of sp³-hybridized carbons (Fsp3) is 0.214. The van der Waals surface area contributed by atoms with Gasteiger partial charge in [-0.15, -0.1) is 0 Å². The highest BCUT2D eigenvalue weighted by molar-refractivity contribution is 6.31. The van der Waals surface area contributed by atoms with Crippen molar-refractivity contribution in [1.82, 2.24) is 10.2 Å². The first kappa shape index (κ1) is 15.1. The summed E-state index contributed by atoms with van der Waals surface area (Å²) in [6.07, 6.45) is 0.936. The SMILES string of the molecule is CCCNc1ccc(Cl)cc1C(=O)Nc1ccc(=O)[nH]n1. The standard InChI is InChI=1S/C14H15ClN4O2/c1-2-7-16-11-4-3-9(15)8-10(11)14(21)17-12-5-6-13(20)19-18-12/h3-6,8,16H,2,7H2,1H3,(H,19,20)(H,17,18,21). The van der Waals surface area contributed by atoms with Gasteiger partial charge >= 0.3 is 0 Å². The molecule has 2 rings (SSSR count). The van der Waals surface area contributed by atoms with Gasteiger partial charge in [0.05, 0.1) is 5.56 Å². The Labute approximate surface area is 126 Å². The molecule has 0 fully saturated rings. The van der Waals surface area contributed by atoms with Crippen molar-refractivity contribution in [2.75, 3.05) is 17.2 Å². The molecule has 3 N–H and O–H groups in total. The van der Waals surface area contributed by atoms with Crippen LogP contribution in [-0.2, 0) is 0 Å². The fourth-order valence-corrected chi connectivity index (χ4v) is 1.89. The Balaban J connectivity index is 2.22. The van der Waals surface area contributed by atoms with E-state index < -0.39 is 0 Å². The van der Waals surface area contributed by atoms with Crippen LogP contribution in [0.2, 0.25) is 5.02 Å². The second kappa shape index (κ2) is 6.90. The molecule has 0 saturated heterocycles. The first-order valence-corrected chi connectivity index (χ1v) is 6.88. The van der Waals surface area contributed by atoms with E-state index in [2.05, 4.69) is 20.8 Å². The zero-order valence-corrected chi connectivity index (χ0v) is 12.2. The van der Waals surface area contributed by atoms with Crippen molar-refractivity contribution in [3.8, 4) is 0 Å². The summed E-state index contributed by atoms with van der Waals surface area (Å²) in [6.45, 7) is 2.78. The van der Waals surface area contributed by atoms with Gasteiger partial charge in [0, 0.05) is 23.3 Å². The predicted octanol–water partition coefficient (Wildman–Crippen LogP) is 2.50. The van der Waals surface area contributed by atoms with Gasteiger partial charge in [-0.25, -0.2) is 5.10 Å². The Morgan fingerprint density at radius 3 is 2.81 bits per heavy atom. The number of H-pyrrole nitrogens is 1. The Kier molecular flexibility index (Phi) is 4.94. The van der Waals surface area contributed by atoms with Crippen LogP contribution < -0.4 is 16.2 Å². The first-order valence-electron chi connectivity index (χ1n) is 6.50. The van der Waals surface area contributed by atoms with Gasteiger partial charge in [0.1, 0.15) is 0 Å². The summed E-state index contributed by atoms with van der Waals surface area (Å²) in [6, 6.07) is 7.78. The predicted molar refractivity (Wildman–Crippen MR) is 83.0 cm³/mol. The number of halogens is 1. The van der Waals surface area contributed by atoms with Crippen molar-refractivity contribution < 1.29 is 4.79 Å². The van der Waals surface area contributed by atoms with E-state index in [0.717, 1.165) is 13.0 Å². The maximum Gasteiger partial charge on any atom is 0.264 e. The summed E-state index contributed by atoms with van der Waals surface area (Å²) in [7, 11) is 0. The molecule has 0 radical (unpaired) electrons. The third kappa shape index (κ3) is 4.06. The average Bonchev–Trinajstić information content (AvgIpc) is 2.48. The number of carbonyl (C=O) groups is 1. The van der Waals surface area contributed by atoms with Gasteiger partial charge < -0.3 is 10.6 Å². The van der Waals surface area contributed by atoms with Crippen LogP contribution in [0.1, 0.15) is 23.7 Å². The fourth-order valence-electron chi connectivity index (χ4n) is 1.72. The van der Waals surface area contributed by atoms with Crippen LogP contribution in [0.3, 0.4) is 0 Å². The zero-order chi connectivity index (χ0) is 15.2. The van der Waals surface area contributed by atoms with Gasteiger partial charge in [-0.1, -0.05) is 18.5 Å². The molecule has 0 aliphatic carbocycles. The molecule has 1 heterocycles. The van der Waals surface area contributed by atoms with Gasteiger partial charge in [-0.2, -0.15) is 5.10 Å². The lowest BCUT2D eigenvalue weighted by Crippen LogP contribution is -2.17. The monoisotopic (exact) mass is 306 g/mol.